The van der Waals surface area contributed by atoms with Crippen molar-refractivity contribution in [3.05, 3.63) is 0 Å². The molecule has 3 fully saturated rings. The number of hydrogen-bond donors (Lipinski definition) is 1. The first-order valence-corrected chi connectivity index (χ1v) is 5.40. The van der Waals surface area contributed by atoms with E-state index >= 15 is 0 Å². The lowest BCUT2D eigenvalue weighted by Crippen LogP contribution is -2.47. The molecule has 4 atom stereocenters. The minimum atomic E-state index is -0.0700. The van der Waals surface area contributed by atoms with Gasteiger partial charge < -0.3 is 9.84 Å². The Morgan fingerprint density at radius 1 is 1.31 bits per heavy atom. The highest BCUT2D eigenvalue weighted by Crippen LogP contribution is 2.34. The average molecular weight is 183 g/mol. The van der Waals surface area contributed by atoms with Crippen molar-refractivity contribution in [1.82, 2.24) is 4.90 Å². The highest BCUT2D eigenvalue weighted by Gasteiger charge is 2.44. The number of aliphatic hydroxyl groups excluding tert-OH is 1. The molecule has 0 radical (unpaired) electrons. The summed E-state index contributed by atoms with van der Waals surface area (Å²) in [4.78, 5) is 2.49. The highest BCUT2D eigenvalue weighted by atomic mass is 16.5. The molecule has 2 bridgehead atoms. The number of aliphatic hydroxyl groups is 1. The fourth-order valence-corrected chi connectivity index (χ4v) is 3.14. The monoisotopic (exact) mass is 183 g/mol. The molecule has 2 aliphatic heterocycles. The number of morpholine rings is 1. The highest BCUT2D eigenvalue weighted by molar-refractivity contribution is 4.98. The predicted octanol–water partition coefficient (Wildman–Crippen LogP) is 0.373. The van der Waals surface area contributed by atoms with Crippen molar-refractivity contribution in [2.45, 2.75) is 50.0 Å². The van der Waals surface area contributed by atoms with Crippen LogP contribution in [-0.4, -0.2) is 47.4 Å². The van der Waals surface area contributed by atoms with E-state index in [1.165, 1.54) is 19.3 Å². The summed E-state index contributed by atoms with van der Waals surface area (Å²) in [6.07, 6.45) is 4.98. The van der Waals surface area contributed by atoms with E-state index in [2.05, 4.69) is 4.90 Å². The van der Waals surface area contributed by atoms with Gasteiger partial charge in [-0.3, -0.25) is 4.90 Å². The molecule has 0 amide bonds. The van der Waals surface area contributed by atoms with E-state index in [1.807, 2.05) is 0 Å². The van der Waals surface area contributed by atoms with Crippen molar-refractivity contribution in [3.63, 3.8) is 0 Å². The van der Waals surface area contributed by atoms with Crippen LogP contribution < -0.4 is 0 Å². The van der Waals surface area contributed by atoms with E-state index in [0.29, 0.717) is 18.2 Å². The number of likely N-dealkylation sites (tertiary alicyclic amines) is 1. The summed E-state index contributed by atoms with van der Waals surface area (Å²) >= 11 is 0. The van der Waals surface area contributed by atoms with Crippen LogP contribution in [-0.2, 0) is 4.74 Å². The van der Waals surface area contributed by atoms with Crippen LogP contribution in [0, 0.1) is 0 Å². The van der Waals surface area contributed by atoms with Gasteiger partial charge in [-0.1, -0.05) is 0 Å². The van der Waals surface area contributed by atoms with E-state index in [0.717, 1.165) is 19.6 Å². The Bertz CT molecular complexity index is 209. The molecule has 74 valence electrons. The van der Waals surface area contributed by atoms with E-state index in [4.69, 9.17) is 4.74 Å². The summed E-state index contributed by atoms with van der Waals surface area (Å²) in [5.41, 5.74) is 0. The molecule has 0 aromatic heterocycles. The Hall–Kier alpha value is -0.120. The summed E-state index contributed by atoms with van der Waals surface area (Å²) in [6, 6.07) is 1.06. The summed E-state index contributed by atoms with van der Waals surface area (Å²) in [5.74, 6) is 0. The van der Waals surface area contributed by atoms with Gasteiger partial charge in [-0.05, 0) is 25.7 Å². The van der Waals surface area contributed by atoms with Gasteiger partial charge in [0, 0.05) is 18.6 Å². The lowest BCUT2D eigenvalue weighted by molar-refractivity contribution is -0.0146. The smallest absolute Gasteiger partial charge is 0.0718 e. The molecule has 3 nitrogen and oxygen atoms in total. The Morgan fingerprint density at radius 2 is 2.23 bits per heavy atom. The molecule has 0 aromatic carbocycles. The third kappa shape index (κ3) is 1.22. The van der Waals surface area contributed by atoms with Crippen LogP contribution in [0.1, 0.15) is 25.7 Å². The first kappa shape index (κ1) is 8.21. The quantitative estimate of drug-likeness (QED) is 0.637. The molecule has 1 saturated carbocycles. The van der Waals surface area contributed by atoms with Gasteiger partial charge in [0.2, 0.25) is 0 Å². The zero-order valence-corrected chi connectivity index (χ0v) is 7.85. The van der Waals surface area contributed by atoms with E-state index < -0.39 is 0 Å². The fraction of sp³-hybridized carbons (Fsp3) is 1.00. The molecule has 1 N–H and O–H groups in total. The maximum Gasteiger partial charge on any atom is 0.0718 e. The summed E-state index contributed by atoms with van der Waals surface area (Å²) < 4.78 is 5.55. The Balaban J connectivity index is 1.72. The van der Waals surface area contributed by atoms with Crippen LogP contribution in [0.5, 0.6) is 0 Å². The van der Waals surface area contributed by atoms with Crippen LogP contribution in [0.3, 0.4) is 0 Å². The standard InChI is InChI=1S/C10H17NO2/c12-10-3-1-2-9(10)11-5-8-4-7(11)6-13-8/h7-10,12H,1-6H2/t7?,8?,9-,10-/m1/s1. The second-order valence-corrected chi connectivity index (χ2v) is 4.61. The third-order valence-electron chi connectivity index (χ3n) is 3.81. The molecular formula is C10H17NO2. The van der Waals surface area contributed by atoms with Crippen molar-refractivity contribution in [1.29, 1.82) is 0 Å². The molecule has 2 unspecified atom stereocenters. The second-order valence-electron chi connectivity index (χ2n) is 4.61. The minimum Gasteiger partial charge on any atom is -0.391 e. The maximum atomic E-state index is 9.80. The van der Waals surface area contributed by atoms with Crippen LogP contribution in [0.4, 0.5) is 0 Å². The Kier molecular flexibility index (Phi) is 1.86. The minimum absolute atomic E-state index is 0.0700. The first-order chi connectivity index (χ1) is 6.34. The van der Waals surface area contributed by atoms with Crippen LogP contribution >= 0.6 is 0 Å². The zero-order valence-electron chi connectivity index (χ0n) is 7.85. The van der Waals surface area contributed by atoms with Crippen LogP contribution in [0.25, 0.3) is 0 Å². The summed E-state index contributed by atoms with van der Waals surface area (Å²) in [7, 11) is 0. The molecule has 13 heavy (non-hydrogen) atoms. The molecule has 3 rings (SSSR count). The lowest BCUT2D eigenvalue weighted by Gasteiger charge is -2.34. The van der Waals surface area contributed by atoms with Crippen molar-refractivity contribution < 1.29 is 9.84 Å². The van der Waals surface area contributed by atoms with Crippen molar-refractivity contribution in [2.24, 2.45) is 0 Å². The SMILES string of the molecule is O[C@@H]1CCC[C@H]1N1CC2CC1CO2. The Morgan fingerprint density at radius 3 is 2.77 bits per heavy atom. The molecular weight excluding hydrogens is 166 g/mol. The normalized spacial score (nSPS) is 50.5. The second kappa shape index (κ2) is 2.94. The van der Waals surface area contributed by atoms with Gasteiger partial charge in [0.25, 0.3) is 0 Å². The zero-order chi connectivity index (χ0) is 8.84. The number of ether oxygens (including phenoxy) is 1. The average Bonchev–Trinajstić information content (AvgIpc) is 2.77. The number of hydrogen-bond acceptors (Lipinski definition) is 3. The van der Waals surface area contributed by atoms with Crippen molar-refractivity contribution >= 4 is 0 Å². The molecule has 2 saturated heterocycles. The number of fused-ring (bicyclic) bond motifs is 2. The lowest BCUT2D eigenvalue weighted by atomic mass is 10.1. The predicted molar refractivity (Wildman–Crippen MR) is 48.5 cm³/mol. The van der Waals surface area contributed by atoms with Crippen molar-refractivity contribution in [3.8, 4) is 0 Å². The van der Waals surface area contributed by atoms with E-state index in [-0.39, 0.29) is 6.10 Å². The van der Waals surface area contributed by atoms with Gasteiger partial charge >= 0.3 is 0 Å². The summed E-state index contributed by atoms with van der Waals surface area (Å²) in [5, 5.41) is 9.80. The number of nitrogens with zero attached hydrogens (tertiary/aromatic N) is 1. The largest absolute Gasteiger partial charge is 0.391 e. The van der Waals surface area contributed by atoms with E-state index in [9.17, 15) is 5.11 Å². The van der Waals surface area contributed by atoms with Gasteiger partial charge in [0.1, 0.15) is 0 Å². The van der Waals surface area contributed by atoms with Gasteiger partial charge in [0.15, 0.2) is 0 Å². The Labute approximate surface area is 78.7 Å². The van der Waals surface area contributed by atoms with Gasteiger partial charge in [-0.15, -0.1) is 0 Å². The topological polar surface area (TPSA) is 32.7 Å². The molecule has 0 spiro atoms. The first-order valence-electron chi connectivity index (χ1n) is 5.40. The molecule has 3 aliphatic rings. The maximum absolute atomic E-state index is 9.80. The van der Waals surface area contributed by atoms with Crippen LogP contribution in [0.2, 0.25) is 0 Å². The van der Waals surface area contributed by atoms with Gasteiger partial charge in [-0.2, -0.15) is 0 Å². The molecule has 1 aliphatic carbocycles. The van der Waals surface area contributed by atoms with Gasteiger partial charge in [0.05, 0.1) is 18.8 Å². The molecule has 0 aromatic rings. The van der Waals surface area contributed by atoms with E-state index in [1.54, 1.807) is 0 Å². The molecule has 2 heterocycles. The van der Waals surface area contributed by atoms with Crippen LogP contribution in [0.15, 0.2) is 0 Å². The summed E-state index contributed by atoms with van der Waals surface area (Å²) in [6.45, 7) is 1.96. The van der Waals surface area contributed by atoms with Gasteiger partial charge in [-0.25, -0.2) is 0 Å². The van der Waals surface area contributed by atoms with Crippen molar-refractivity contribution in [2.75, 3.05) is 13.2 Å². The number of rotatable bonds is 1. The third-order valence-corrected chi connectivity index (χ3v) is 3.81. The fourth-order valence-electron chi connectivity index (χ4n) is 3.14. The molecule has 3 heteroatoms.